The summed E-state index contributed by atoms with van der Waals surface area (Å²) in [6, 6.07) is 1.44. The second-order valence-electron chi connectivity index (χ2n) is 5.20. The van der Waals surface area contributed by atoms with E-state index in [1.165, 1.54) is 21.9 Å². The van der Waals surface area contributed by atoms with Crippen molar-refractivity contribution in [2.24, 2.45) is 0 Å². The molecule has 4 aromatic rings. The van der Waals surface area contributed by atoms with Crippen molar-refractivity contribution in [1.82, 2.24) is 29.0 Å². The second-order valence-corrected chi connectivity index (χ2v) is 6.07. The molecule has 10 heteroatoms. The predicted molar refractivity (Wildman–Crippen MR) is 88.4 cm³/mol. The molecule has 0 aromatic carbocycles. The maximum Gasteiger partial charge on any atom is 0.274 e. The van der Waals surface area contributed by atoms with Crippen LogP contribution < -0.4 is 10.9 Å². The Bertz CT molecular complexity index is 1070. The molecule has 2 N–H and O–H groups in total. The molecule has 24 heavy (non-hydrogen) atoms. The molecule has 0 aliphatic heterocycles. The number of carbonyl (C=O) groups is 1. The fourth-order valence-electron chi connectivity index (χ4n) is 2.37. The van der Waals surface area contributed by atoms with Crippen LogP contribution in [0.25, 0.3) is 10.7 Å². The van der Waals surface area contributed by atoms with Gasteiger partial charge in [0.05, 0.1) is 12.1 Å². The lowest BCUT2D eigenvalue weighted by atomic mass is 10.3. The number of aryl methyl sites for hydroxylation is 1. The van der Waals surface area contributed by atoms with E-state index in [-0.39, 0.29) is 29.6 Å². The summed E-state index contributed by atoms with van der Waals surface area (Å²) in [4.78, 5) is 37.7. The van der Waals surface area contributed by atoms with Crippen molar-refractivity contribution in [2.75, 3.05) is 5.32 Å². The van der Waals surface area contributed by atoms with Crippen LogP contribution in [0.2, 0.25) is 0 Å². The van der Waals surface area contributed by atoms with Crippen molar-refractivity contribution >= 4 is 33.9 Å². The van der Waals surface area contributed by atoms with Gasteiger partial charge in [0.15, 0.2) is 4.96 Å². The van der Waals surface area contributed by atoms with E-state index < -0.39 is 0 Å². The van der Waals surface area contributed by atoms with Gasteiger partial charge < -0.3 is 0 Å². The minimum atomic E-state index is -0.274. The third kappa shape index (κ3) is 2.56. The summed E-state index contributed by atoms with van der Waals surface area (Å²) in [6.07, 6.45) is 4.45. The number of carbonyl (C=O) groups excluding carboxylic acids is 1. The first-order chi connectivity index (χ1) is 11.6. The molecule has 0 aliphatic rings. The zero-order valence-electron chi connectivity index (χ0n) is 12.7. The van der Waals surface area contributed by atoms with Crippen molar-refractivity contribution in [3.63, 3.8) is 0 Å². The first-order valence-corrected chi connectivity index (χ1v) is 8.20. The quantitative estimate of drug-likeness (QED) is 0.571. The molecule has 0 bridgehead atoms. The van der Waals surface area contributed by atoms with Crippen LogP contribution in [0.1, 0.15) is 18.3 Å². The normalized spacial score (nSPS) is 11.4. The minimum Gasteiger partial charge on any atom is -0.297 e. The Morgan fingerprint density at radius 2 is 2.21 bits per heavy atom. The number of hydrogen-bond acceptors (Lipinski definition) is 6. The summed E-state index contributed by atoms with van der Waals surface area (Å²) >= 11 is 1.50. The second kappa shape index (κ2) is 5.57. The van der Waals surface area contributed by atoms with E-state index in [0.717, 1.165) is 4.96 Å². The summed E-state index contributed by atoms with van der Waals surface area (Å²) in [7, 11) is 0. The van der Waals surface area contributed by atoms with Gasteiger partial charge in [-0.1, -0.05) is 6.92 Å². The van der Waals surface area contributed by atoms with Crippen LogP contribution in [0.4, 0.5) is 5.95 Å². The van der Waals surface area contributed by atoms with E-state index in [4.69, 9.17) is 0 Å². The van der Waals surface area contributed by atoms with Gasteiger partial charge in [0, 0.05) is 29.5 Å². The summed E-state index contributed by atoms with van der Waals surface area (Å²) in [6.45, 7) is 1.91. The molecule has 0 unspecified atom stereocenters. The van der Waals surface area contributed by atoms with Gasteiger partial charge in [0.25, 0.3) is 11.3 Å². The number of nitrogens with one attached hydrogen (secondary N) is 2. The molecule has 9 nitrogen and oxygen atoms in total. The number of hydrogen-bond donors (Lipinski definition) is 2. The van der Waals surface area contributed by atoms with Crippen LogP contribution in [0.5, 0.6) is 0 Å². The molecule has 4 rings (SSSR count). The monoisotopic (exact) mass is 343 g/mol. The van der Waals surface area contributed by atoms with E-state index in [9.17, 15) is 9.59 Å². The lowest BCUT2D eigenvalue weighted by Gasteiger charge is -1.98. The van der Waals surface area contributed by atoms with Gasteiger partial charge in [-0.3, -0.25) is 24.4 Å². The minimum absolute atomic E-state index is 0.119. The molecule has 0 saturated carbocycles. The van der Waals surface area contributed by atoms with Crippen molar-refractivity contribution < 1.29 is 4.79 Å². The Hall–Kier alpha value is -3.01. The number of aromatic nitrogens is 6. The molecule has 0 fully saturated rings. The fraction of sp³-hybridized carbons (Fsp3) is 0.214. The number of thiazole rings is 1. The maximum atomic E-state index is 12.1. The van der Waals surface area contributed by atoms with Gasteiger partial charge in [0.2, 0.25) is 11.9 Å². The van der Waals surface area contributed by atoms with Crippen LogP contribution >= 0.6 is 11.3 Å². The number of nitrogens with zero attached hydrogens (tertiary/aromatic N) is 5. The van der Waals surface area contributed by atoms with E-state index in [0.29, 0.717) is 17.8 Å². The lowest BCUT2D eigenvalue weighted by molar-refractivity contribution is -0.115. The molecule has 0 spiro atoms. The summed E-state index contributed by atoms with van der Waals surface area (Å²) in [5, 5.41) is 7.28. The molecular formula is C14H13N7O2S. The smallest absolute Gasteiger partial charge is 0.274 e. The maximum absolute atomic E-state index is 12.1. The fourth-order valence-corrected chi connectivity index (χ4v) is 3.09. The van der Waals surface area contributed by atoms with Crippen molar-refractivity contribution in [1.29, 1.82) is 0 Å². The Morgan fingerprint density at radius 3 is 3.00 bits per heavy atom. The van der Waals surface area contributed by atoms with Gasteiger partial charge in [-0.25, -0.2) is 9.97 Å². The highest BCUT2D eigenvalue weighted by Crippen LogP contribution is 2.12. The topological polar surface area (TPSA) is 109 Å². The van der Waals surface area contributed by atoms with Crippen molar-refractivity contribution in [2.45, 2.75) is 19.8 Å². The average Bonchev–Trinajstić information content (AvgIpc) is 3.21. The summed E-state index contributed by atoms with van der Waals surface area (Å²) in [5.74, 6) is 0.139. The van der Waals surface area contributed by atoms with Gasteiger partial charge in [-0.05, 0) is 6.42 Å². The zero-order valence-corrected chi connectivity index (χ0v) is 13.5. The SMILES string of the molecule is CCc1cc(=O)n2[nH]c(NC(=O)Cc3cn4ccsc4n3)nc2n1. The standard InChI is InChI=1S/C14H13N7O2S/c1-2-8-6-11(23)21-13(15-8)18-12(19-21)17-10(22)5-9-7-20-3-4-24-14(20)16-9/h3-4,6-7H,2,5H2,1H3,(H2,15,17,18,19,22). The van der Waals surface area contributed by atoms with E-state index in [1.54, 1.807) is 0 Å². The van der Waals surface area contributed by atoms with Gasteiger partial charge in [-0.15, -0.1) is 11.3 Å². The zero-order chi connectivity index (χ0) is 16.7. The number of fused-ring (bicyclic) bond motifs is 2. The number of amides is 1. The van der Waals surface area contributed by atoms with Crippen LogP contribution in [0.3, 0.4) is 0 Å². The summed E-state index contributed by atoms with van der Waals surface area (Å²) in [5.41, 5.74) is 1.06. The molecule has 0 saturated heterocycles. The number of imidazole rings is 1. The molecule has 122 valence electrons. The van der Waals surface area contributed by atoms with Crippen LogP contribution in [-0.2, 0) is 17.6 Å². The molecule has 0 aliphatic carbocycles. The Morgan fingerprint density at radius 1 is 1.33 bits per heavy atom. The highest BCUT2D eigenvalue weighted by atomic mass is 32.1. The highest BCUT2D eigenvalue weighted by Gasteiger charge is 2.12. The predicted octanol–water partition coefficient (Wildman–Crippen LogP) is 0.870. The van der Waals surface area contributed by atoms with Gasteiger partial charge in [0.1, 0.15) is 0 Å². The van der Waals surface area contributed by atoms with Crippen molar-refractivity contribution in [3.8, 4) is 0 Å². The largest absolute Gasteiger partial charge is 0.297 e. The number of rotatable bonds is 4. The molecule has 1 amide bonds. The highest BCUT2D eigenvalue weighted by molar-refractivity contribution is 7.15. The Kier molecular flexibility index (Phi) is 3.38. The first-order valence-electron chi connectivity index (χ1n) is 7.32. The van der Waals surface area contributed by atoms with Gasteiger partial charge in [-0.2, -0.15) is 9.50 Å². The molecule has 0 atom stereocenters. The Labute approximate surface area is 139 Å². The molecular weight excluding hydrogens is 330 g/mol. The Balaban J connectivity index is 1.54. The third-order valence-electron chi connectivity index (χ3n) is 3.49. The van der Waals surface area contributed by atoms with Crippen LogP contribution in [-0.4, -0.2) is 34.9 Å². The van der Waals surface area contributed by atoms with E-state index >= 15 is 0 Å². The molecule has 4 heterocycles. The lowest BCUT2D eigenvalue weighted by Crippen LogP contribution is -2.17. The van der Waals surface area contributed by atoms with E-state index in [2.05, 4.69) is 25.4 Å². The van der Waals surface area contributed by atoms with Crippen LogP contribution in [0, 0.1) is 0 Å². The average molecular weight is 343 g/mol. The molecule has 4 aromatic heterocycles. The third-order valence-corrected chi connectivity index (χ3v) is 4.26. The number of aromatic amines is 1. The molecule has 0 radical (unpaired) electrons. The number of H-pyrrole nitrogens is 1. The van der Waals surface area contributed by atoms with Crippen molar-refractivity contribution in [3.05, 3.63) is 45.6 Å². The van der Waals surface area contributed by atoms with Gasteiger partial charge >= 0.3 is 0 Å². The van der Waals surface area contributed by atoms with E-state index in [1.807, 2.05) is 29.1 Å². The van der Waals surface area contributed by atoms with Crippen LogP contribution in [0.15, 0.2) is 28.6 Å². The first kappa shape index (κ1) is 14.6. The number of anilines is 1. The summed E-state index contributed by atoms with van der Waals surface area (Å²) < 4.78 is 3.06.